The Hall–Kier alpha value is -3.09. The maximum absolute atomic E-state index is 13.7. The number of hydrogen-bond donors (Lipinski definition) is 3. The molecule has 0 aliphatic heterocycles. The van der Waals surface area contributed by atoms with E-state index < -0.39 is 5.95 Å². The SMILES string of the molecule is CPc1ccc(-c2cnc(NN)c(NCc3ccc4ncc(F)n4c3)n2)cc1. The number of imidazole rings is 1. The first-order valence-electron chi connectivity index (χ1n) is 8.65. The average molecular weight is 395 g/mol. The Bertz CT molecular complexity index is 1110. The lowest BCUT2D eigenvalue weighted by molar-refractivity contribution is 0.572. The fourth-order valence-electron chi connectivity index (χ4n) is 2.85. The normalized spacial score (nSPS) is 11.4. The third-order valence-corrected chi connectivity index (χ3v) is 5.27. The van der Waals surface area contributed by atoms with Gasteiger partial charge in [-0.15, -0.1) is 0 Å². The maximum atomic E-state index is 13.7. The summed E-state index contributed by atoms with van der Waals surface area (Å²) in [6, 6.07) is 11.9. The van der Waals surface area contributed by atoms with Crippen LogP contribution in [-0.2, 0) is 6.54 Å². The summed E-state index contributed by atoms with van der Waals surface area (Å²) >= 11 is 0. The second kappa shape index (κ2) is 7.88. The molecule has 0 aliphatic rings. The van der Waals surface area contributed by atoms with Gasteiger partial charge in [0.05, 0.1) is 18.1 Å². The monoisotopic (exact) mass is 395 g/mol. The highest BCUT2D eigenvalue weighted by Gasteiger charge is 2.09. The van der Waals surface area contributed by atoms with Crippen molar-refractivity contribution in [2.24, 2.45) is 5.84 Å². The molecule has 4 rings (SSSR count). The van der Waals surface area contributed by atoms with Gasteiger partial charge in [0.2, 0.25) is 5.95 Å². The van der Waals surface area contributed by atoms with Crippen LogP contribution in [0.2, 0.25) is 0 Å². The van der Waals surface area contributed by atoms with Gasteiger partial charge in [-0.1, -0.05) is 38.9 Å². The molecule has 9 heteroatoms. The summed E-state index contributed by atoms with van der Waals surface area (Å²) in [7, 11) is 0.750. The molecule has 0 saturated heterocycles. The van der Waals surface area contributed by atoms with Crippen LogP contribution in [0.3, 0.4) is 0 Å². The zero-order valence-electron chi connectivity index (χ0n) is 15.1. The van der Waals surface area contributed by atoms with E-state index in [1.165, 1.54) is 15.9 Å². The molecule has 1 aromatic carbocycles. The van der Waals surface area contributed by atoms with Crippen LogP contribution >= 0.6 is 8.58 Å². The molecular formula is C19H19FN7P. The molecular weight excluding hydrogens is 376 g/mol. The van der Waals surface area contributed by atoms with Gasteiger partial charge in [-0.3, -0.25) is 4.40 Å². The molecule has 1 atom stereocenters. The molecule has 0 amide bonds. The second-order valence-corrected chi connectivity index (χ2v) is 7.20. The van der Waals surface area contributed by atoms with Gasteiger partial charge < -0.3 is 10.7 Å². The molecule has 4 aromatic rings. The summed E-state index contributed by atoms with van der Waals surface area (Å²) in [4.78, 5) is 13.0. The van der Waals surface area contributed by atoms with Crippen molar-refractivity contribution in [1.82, 2.24) is 19.4 Å². The predicted molar refractivity (Wildman–Crippen MR) is 112 cm³/mol. The smallest absolute Gasteiger partial charge is 0.217 e. The Morgan fingerprint density at radius 3 is 2.64 bits per heavy atom. The topological polar surface area (TPSA) is 93.2 Å². The number of anilines is 2. The van der Waals surface area contributed by atoms with Crippen molar-refractivity contribution in [2.45, 2.75) is 6.54 Å². The molecule has 0 fully saturated rings. The quantitative estimate of drug-likeness (QED) is 0.264. The minimum absolute atomic E-state index is 0.404. The first-order valence-corrected chi connectivity index (χ1v) is 10.1. The van der Waals surface area contributed by atoms with Gasteiger partial charge in [-0.05, 0) is 23.6 Å². The lowest BCUT2D eigenvalue weighted by Crippen LogP contribution is -2.14. The van der Waals surface area contributed by atoms with Crippen LogP contribution in [0.1, 0.15) is 5.56 Å². The van der Waals surface area contributed by atoms with E-state index >= 15 is 0 Å². The Balaban J connectivity index is 1.59. The van der Waals surface area contributed by atoms with Gasteiger partial charge in [-0.2, -0.15) is 4.39 Å². The average Bonchev–Trinajstić information content (AvgIpc) is 3.12. The zero-order chi connectivity index (χ0) is 19.5. The lowest BCUT2D eigenvalue weighted by Gasteiger charge is -2.12. The number of hydrazine groups is 1. The van der Waals surface area contributed by atoms with Crippen LogP contribution in [0.25, 0.3) is 16.9 Å². The van der Waals surface area contributed by atoms with Crippen molar-refractivity contribution in [3.63, 3.8) is 0 Å². The Morgan fingerprint density at radius 2 is 1.89 bits per heavy atom. The Morgan fingerprint density at radius 1 is 1.07 bits per heavy atom. The van der Waals surface area contributed by atoms with E-state index in [-0.39, 0.29) is 0 Å². The standard InChI is InChI=1S/C19H19FN7P/c1-28-14-5-3-13(4-6-14)15-9-24-19(26-21)18(25-15)23-8-12-2-7-17-22-10-16(20)27(17)11-12/h2-7,9-11,28H,8,21H2,1H3,(H,23,25)(H,24,26). The van der Waals surface area contributed by atoms with E-state index in [1.54, 1.807) is 18.5 Å². The van der Waals surface area contributed by atoms with Crippen molar-refractivity contribution >= 4 is 31.2 Å². The minimum Gasteiger partial charge on any atom is -0.363 e. The fourth-order valence-corrected chi connectivity index (χ4v) is 3.35. The molecule has 0 aliphatic carbocycles. The van der Waals surface area contributed by atoms with Gasteiger partial charge >= 0.3 is 0 Å². The van der Waals surface area contributed by atoms with E-state index in [0.29, 0.717) is 23.8 Å². The van der Waals surface area contributed by atoms with Crippen molar-refractivity contribution in [2.75, 3.05) is 17.4 Å². The van der Waals surface area contributed by atoms with Crippen LogP contribution in [0, 0.1) is 5.95 Å². The summed E-state index contributed by atoms with van der Waals surface area (Å²) < 4.78 is 15.1. The summed E-state index contributed by atoms with van der Waals surface area (Å²) in [5, 5.41) is 4.51. The van der Waals surface area contributed by atoms with Gasteiger partial charge in [0, 0.05) is 18.3 Å². The van der Waals surface area contributed by atoms with E-state index in [9.17, 15) is 4.39 Å². The van der Waals surface area contributed by atoms with Gasteiger partial charge in [0.15, 0.2) is 11.6 Å². The lowest BCUT2D eigenvalue weighted by atomic mass is 10.2. The highest BCUT2D eigenvalue weighted by atomic mass is 31.1. The largest absolute Gasteiger partial charge is 0.363 e. The second-order valence-electron chi connectivity index (χ2n) is 6.12. The number of hydrogen-bond acceptors (Lipinski definition) is 6. The Kier molecular flexibility index (Phi) is 5.14. The van der Waals surface area contributed by atoms with Crippen LogP contribution < -0.4 is 21.9 Å². The Labute approximate surface area is 163 Å². The molecule has 0 spiro atoms. The van der Waals surface area contributed by atoms with Gasteiger partial charge in [-0.25, -0.2) is 20.8 Å². The van der Waals surface area contributed by atoms with E-state index in [1.807, 2.05) is 18.2 Å². The highest BCUT2D eigenvalue weighted by molar-refractivity contribution is 7.46. The number of halogens is 1. The molecule has 4 N–H and O–H groups in total. The van der Waals surface area contributed by atoms with E-state index in [4.69, 9.17) is 5.84 Å². The van der Waals surface area contributed by atoms with Crippen molar-refractivity contribution in [1.29, 1.82) is 0 Å². The van der Waals surface area contributed by atoms with Crippen molar-refractivity contribution in [3.05, 3.63) is 66.5 Å². The maximum Gasteiger partial charge on any atom is 0.217 e. The molecule has 0 saturated carbocycles. The fraction of sp³-hybridized carbons (Fsp3) is 0.105. The van der Waals surface area contributed by atoms with Crippen LogP contribution in [0.15, 0.2) is 55.0 Å². The number of benzene rings is 1. The molecule has 28 heavy (non-hydrogen) atoms. The first kappa shape index (κ1) is 18.3. The molecule has 0 bridgehead atoms. The number of pyridine rings is 1. The summed E-state index contributed by atoms with van der Waals surface area (Å²) in [6.45, 7) is 2.57. The number of nitrogens with one attached hydrogen (secondary N) is 2. The third kappa shape index (κ3) is 3.65. The van der Waals surface area contributed by atoms with Crippen LogP contribution in [0.5, 0.6) is 0 Å². The first-order chi connectivity index (χ1) is 13.7. The number of nitrogen functional groups attached to an aromatic ring is 1. The zero-order valence-corrected chi connectivity index (χ0v) is 16.1. The molecule has 142 valence electrons. The predicted octanol–water partition coefficient (Wildman–Crippen LogP) is 2.76. The van der Waals surface area contributed by atoms with Crippen molar-refractivity contribution < 1.29 is 4.39 Å². The molecule has 3 aromatic heterocycles. The summed E-state index contributed by atoms with van der Waals surface area (Å²) in [5.74, 6) is 6.13. The molecule has 7 nitrogen and oxygen atoms in total. The van der Waals surface area contributed by atoms with E-state index in [2.05, 4.69) is 44.5 Å². The summed E-state index contributed by atoms with van der Waals surface area (Å²) in [6.07, 6.45) is 4.57. The van der Waals surface area contributed by atoms with Crippen LogP contribution in [0.4, 0.5) is 16.0 Å². The number of fused-ring (bicyclic) bond motifs is 1. The van der Waals surface area contributed by atoms with Crippen molar-refractivity contribution in [3.8, 4) is 11.3 Å². The molecule has 0 radical (unpaired) electrons. The molecule has 1 unspecified atom stereocenters. The minimum atomic E-state index is -0.404. The van der Waals surface area contributed by atoms with Gasteiger partial charge in [0.1, 0.15) is 5.65 Å². The van der Waals surface area contributed by atoms with Gasteiger partial charge in [0.25, 0.3) is 0 Å². The summed E-state index contributed by atoms with van der Waals surface area (Å²) in [5.41, 5.74) is 5.69. The third-order valence-electron chi connectivity index (χ3n) is 4.36. The number of rotatable bonds is 6. The number of nitrogens with two attached hydrogens (primary N) is 1. The molecule has 3 heterocycles. The number of aromatic nitrogens is 4. The van der Waals surface area contributed by atoms with Crippen LogP contribution in [-0.4, -0.2) is 26.0 Å². The highest BCUT2D eigenvalue weighted by Crippen LogP contribution is 2.23. The number of nitrogens with zero attached hydrogens (tertiary/aromatic N) is 4. The van der Waals surface area contributed by atoms with E-state index in [0.717, 1.165) is 25.4 Å².